The Morgan fingerprint density at radius 1 is 0.926 bits per heavy atom. The number of benzene rings is 2. The number of hydrogen-bond acceptors (Lipinski definition) is 3. The van der Waals surface area contributed by atoms with Gasteiger partial charge in [0.1, 0.15) is 0 Å². The standard InChI is InChI=1S/C16H8F6N2O3/c17-15(18,19)8-3-7(4-9(5-8)16(20,21)22)13(25)23-10-1-2-12-11(6-10)24-14(26)27-12/h1-6H,(H,23,25)(H,24,26). The number of rotatable bonds is 2. The lowest BCUT2D eigenvalue weighted by Gasteiger charge is -2.14. The lowest BCUT2D eigenvalue weighted by molar-refractivity contribution is -0.143. The van der Waals surface area contributed by atoms with Gasteiger partial charge in [0.05, 0.1) is 16.6 Å². The number of H-pyrrole nitrogens is 1. The van der Waals surface area contributed by atoms with Crippen molar-refractivity contribution in [3.8, 4) is 0 Å². The Balaban J connectivity index is 1.98. The number of halogens is 6. The molecule has 0 spiro atoms. The molecular formula is C16H8F6N2O3. The zero-order chi connectivity index (χ0) is 20.0. The van der Waals surface area contributed by atoms with E-state index in [0.29, 0.717) is 12.1 Å². The number of nitrogens with one attached hydrogen (secondary N) is 2. The van der Waals surface area contributed by atoms with Crippen molar-refractivity contribution in [3.63, 3.8) is 0 Å². The van der Waals surface area contributed by atoms with Crippen LogP contribution in [0, 0.1) is 0 Å². The lowest BCUT2D eigenvalue weighted by Crippen LogP contribution is -2.17. The minimum Gasteiger partial charge on any atom is -0.408 e. The number of amides is 1. The normalized spacial score (nSPS) is 12.4. The minimum absolute atomic E-state index is 0.0375. The van der Waals surface area contributed by atoms with Crippen LogP contribution in [-0.4, -0.2) is 10.9 Å². The number of aromatic amines is 1. The van der Waals surface area contributed by atoms with E-state index < -0.39 is 40.7 Å². The van der Waals surface area contributed by atoms with Crippen molar-refractivity contribution in [2.45, 2.75) is 12.4 Å². The molecule has 27 heavy (non-hydrogen) atoms. The van der Waals surface area contributed by atoms with Gasteiger partial charge in [-0.3, -0.25) is 9.78 Å². The van der Waals surface area contributed by atoms with Gasteiger partial charge in [0, 0.05) is 11.3 Å². The fourth-order valence-electron chi connectivity index (χ4n) is 2.32. The van der Waals surface area contributed by atoms with E-state index in [0.717, 1.165) is 0 Å². The molecule has 2 N–H and O–H groups in total. The Labute approximate surface area is 145 Å². The maximum atomic E-state index is 12.9. The first kappa shape index (κ1) is 18.5. The van der Waals surface area contributed by atoms with Crippen LogP contribution in [-0.2, 0) is 12.4 Å². The van der Waals surface area contributed by atoms with E-state index in [1.807, 2.05) is 0 Å². The molecule has 1 heterocycles. The molecule has 1 aromatic heterocycles. The average Bonchev–Trinajstić information content (AvgIpc) is 2.92. The fraction of sp³-hybridized carbons (Fsp3) is 0.125. The zero-order valence-electron chi connectivity index (χ0n) is 13.0. The molecule has 0 aliphatic rings. The van der Waals surface area contributed by atoms with Crippen molar-refractivity contribution in [3.05, 3.63) is 63.6 Å². The molecular weight excluding hydrogens is 382 g/mol. The quantitative estimate of drug-likeness (QED) is 0.637. The van der Waals surface area contributed by atoms with Crippen LogP contribution in [0.1, 0.15) is 21.5 Å². The smallest absolute Gasteiger partial charge is 0.408 e. The van der Waals surface area contributed by atoms with Gasteiger partial charge in [-0.1, -0.05) is 0 Å². The number of aromatic nitrogens is 1. The molecule has 0 aliphatic carbocycles. The second-order valence-electron chi connectivity index (χ2n) is 5.47. The summed E-state index contributed by atoms with van der Waals surface area (Å²) in [6.45, 7) is 0. The van der Waals surface area contributed by atoms with Crippen LogP contribution in [0.15, 0.2) is 45.6 Å². The monoisotopic (exact) mass is 390 g/mol. The summed E-state index contributed by atoms with van der Waals surface area (Å²) in [6.07, 6.45) is -10.1. The van der Waals surface area contributed by atoms with E-state index >= 15 is 0 Å². The summed E-state index contributed by atoms with van der Waals surface area (Å²) >= 11 is 0. The van der Waals surface area contributed by atoms with Crippen LogP contribution >= 0.6 is 0 Å². The van der Waals surface area contributed by atoms with Gasteiger partial charge in [-0.15, -0.1) is 0 Å². The van der Waals surface area contributed by atoms with E-state index in [-0.39, 0.29) is 22.9 Å². The second-order valence-corrected chi connectivity index (χ2v) is 5.47. The summed E-state index contributed by atoms with van der Waals surface area (Å²) in [6, 6.07) is 4.40. The Hall–Kier alpha value is -3.24. The second kappa shape index (κ2) is 6.18. The number of alkyl halides is 6. The van der Waals surface area contributed by atoms with Crippen molar-refractivity contribution in [2.24, 2.45) is 0 Å². The van der Waals surface area contributed by atoms with Crippen LogP contribution in [0.5, 0.6) is 0 Å². The Kier molecular flexibility index (Phi) is 4.25. The Morgan fingerprint density at radius 3 is 2.07 bits per heavy atom. The number of hydrogen-bond donors (Lipinski definition) is 2. The van der Waals surface area contributed by atoms with Gasteiger partial charge in [-0.05, 0) is 36.4 Å². The first-order chi connectivity index (χ1) is 12.4. The van der Waals surface area contributed by atoms with Crippen LogP contribution < -0.4 is 11.1 Å². The topological polar surface area (TPSA) is 75.1 Å². The highest BCUT2D eigenvalue weighted by Gasteiger charge is 2.37. The molecule has 0 fully saturated rings. The highest BCUT2D eigenvalue weighted by atomic mass is 19.4. The maximum Gasteiger partial charge on any atom is 0.417 e. The molecule has 11 heteroatoms. The predicted octanol–water partition coefficient (Wildman–Crippen LogP) is 4.41. The minimum atomic E-state index is -5.06. The molecule has 3 aromatic rings. The van der Waals surface area contributed by atoms with Crippen molar-refractivity contribution < 1.29 is 35.6 Å². The van der Waals surface area contributed by atoms with E-state index in [2.05, 4.69) is 10.3 Å². The van der Waals surface area contributed by atoms with Gasteiger partial charge in [-0.25, -0.2) is 4.79 Å². The summed E-state index contributed by atoms with van der Waals surface area (Å²) in [5.41, 5.74) is -3.63. The lowest BCUT2D eigenvalue weighted by atomic mass is 10.0. The van der Waals surface area contributed by atoms with E-state index in [1.54, 1.807) is 0 Å². The van der Waals surface area contributed by atoms with Crippen LogP contribution in [0.3, 0.4) is 0 Å². The van der Waals surface area contributed by atoms with E-state index in [9.17, 15) is 35.9 Å². The maximum absolute atomic E-state index is 12.9. The molecule has 0 unspecified atom stereocenters. The molecule has 142 valence electrons. The summed E-state index contributed by atoms with van der Waals surface area (Å²) in [5.74, 6) is -1.95. The SMILES string of the molecule is O=C(Nc1ccc2oc(=O)[nH]c2c1)c1cc(C(F)(F)F)cc(C(F)(F)F)c1. The average molecular weight is 390 g/mol. The number of oxazole rings is 1. The Bertz CT molecular complexity index is 1050. The predicted molar refractivity (Wildman–Crippen MR) is 81.2 cm³/mol. The molecule has 3 rings (SSSR count). The number of fused-ring (bicyclic) bond motifs is 1. The summed E-state index contributed by atoms with van der Waals surface area (Å²) in [5, 5.41) is 2.18. The van der Waals surface area contributed by atoms with Gasteiger partial charge in [0.25, 0.3) is 5.91 Å². The molecule has 5 nitrogen and oxygen atoms in total. The van der Waals surface area contributed by atoms with Gasteiger partial charge in [-0.2, -0.15) is 26.3 Å². The molecule has 1 amide bonds. The summed E-state index contributed by atoms with van der Waals surface area (Å²) in [7, 11) is 0. The molecule has 0 radical (unpaired) electrons. The first-order valence-corrected chi connectivity index (χ1v) is 7.17. The largest absolute Gasteiger partial charge is 0.417 e. The first-order valence-electron chi connectivity index (χ1n) is 7.17. The van der Waals surface area contributed by atoms with Crippen LogP contribution in [0.25, 0.3) is 11.1 Å². The van der Waals surface area contributed by atoms with Crippen molar-refractivity contribution in [1.82, 2.24) is 4.98 Å². The van der Waals surface area contributed by atoms with Crippen molar-refractivity contribution >= 4 is 22.7 Å². The van der Waals surface area contributed by atoms with Gasteiger partial charge < -0.3 is 9.73 Å². The molecule has 0 aliphatic heterocycles. The van der Waals surface area contributed by atoms with Gasteiger partial charge in [0.15, 0.2) is 5.58 Å². The van der Waals surface area contributed by atoms with Crippen LogP contribution in [0.4, 0.5) is 32.0 Å². The highest BCUT2D eigenvalue weighted by Crippen LogP contribution is 2.36. The van der Waals surface area contributed by atoms with Crippen LogP contribution in [0.2, 0.25) is 0 Å². The summed E-state index contributed by atoms with van der Waals surface area (Å²) < 4.78 is 81.9. The third-order valence-electron chi connectivity index (χ3n) is 3.53. The zero-order valence-corrected chi connectivity index (χ0v) is 13.0. The highest BCUT2D eigenvalue weighted by molar-refractivity contribution is 6.05. The molecule has 2 aromatic carbocycles. The molecule has 0 atom stereocenters. The van der Waals surface area contributed by atoms with Crippen molar-refractivity contribution in [2.75, 3.05) is 5.32 Å². The fourth-order valence-corrected chi connectivity index (χ4v) is 2.32. The molecule has 0 saturated heterocycles. The third-order valence-corrected chi connectivity index (χ3v) is 3.53. The molecule has 0 bridgehead atoms. The number of carbonyl (C=O) groups excluding carboxylic acids is 1. The van der Waals surface area contributed by atoms with Gasteiger partial charge >= 0.3 is 18.1 Å². The number of anilines is 1. The van der Waals surface area contributed by atoms with E-state index in [4.69, 9.17) is 4.42 Å². The summed E-state index contributed by atoms with van der Waals surface area (Å²) in [4.78, 5) is 25.6. The third kappa shape index (κ3) is 3.96. The van der Waals surface area contributed by atoms with Gasteiger partial charge in [0.2, 0.25) is 0 Å². The van der Waals surface area contributed by atoms with E-state index in [1.165, 1.54) is 18.2 Å². The molecule has 0 saturated carbocycles. The van der Waals surface area contributed by atoms with Crippen molar-refractivity contribution in [1.29, 1.82) is 0 Å². The number of carbonyl (C=O) groups is 1. The Morgan fingerprint density at radius 2 is 1.52 bits per heavy atom.